The summed E-state index contributed by atoms with van der Waals surface area (Å²) in [4.78, 5) is 25.2. The van der Waals surface area contributed by atoms with Crippen LogP contribution in [0.2, 0.25) is 0 Å². The molecule has 0 atom stereocenters. The second-order valence-corrected chi connectivity index (χ2v) is 5.51. The van der Waals surface area contributed by atoms with Crippen molar-refractivity contribution >= 4 is 11.8 Å². The normalized spacial score (nSPS) is 18.4. The molecule has 2 N–H and O–H groups in total. The van der Waals surface area contributed by atoms with Crippen LogP contribution in [-0.2, 0) is 9.59 Å². The van der Waals surface area contributed by atoms with Crippen molar-refractivity contribution in [3.8, 4) is 0 Å². The lowest BCUT2D eigenvalue weighted by Gasteiger charge is -2.08. The molecule has 0 unspecified atom stereocenters. The molecule has 0 bridgehead atoms. The summed E-state index contributed by atoms with van der Waals surface area (Å²) in [5.74, 6) is -0.609. The molecule has 0 aromatic carbocycles. The predicted octanol–water partition coefficient (Wildman–Crippen LogP) is 3.69. The lowest BCUT2D eigenvalue weighted by Crippen LogP contribution is -2.23. The minimum atomic E-state index is -0.304. The Morgan fingerprint density at radius 3 is 1.81 bits per heavy atom. The first-order chi connectivity index (χ1) is 12.6. The summed E-state index contributed by atoms with van der Waals surface area (Å²) in [5, 5.41) is 5.65. The van der Waals surface area contributed by atoms with Crippen molar-refractivity contribution in [2.75, 3.05) is 0 Å². The van der Waals surface area contributed by atoms with Crippen molar-refractivity contribution < 1.29 is 9.59 Å². The van der Waals surface area contributed by atoms with Gasteiger partial charge in [-0.25, -0.2) is 0 Å². The van der Waals surface area contributed by atoms with Crippen molar-refractivity contribution in [1.82, 2.24) is 10.6 Å². The van der Waals surface area contributed by atoms with Gasteiger partial charge in [-0.1, -0.05) is 73.9 Å². The molecule has 2 rings (SSSR count). The maximum atomic E-state index is 12.6. The zero-order valence-corrected chi connectivity index (χ0v) is 15.0. The van der Waals surface area contributed by atoms with Crippen molar-refractivity contribution in [3.63, 3.8) is 0 Å². The summed E-state index contributed by atoms with van der Waals surface area (Å²) >= 11 is 0. The molecule has 0 fully saturated rings. The summed E-state index contributed by atoms with van der Waals surface area (Å²) < 4.78 is 0. The fourth-order valence-corrected chi connectivity index (χ4v) is 2.74. The molecule has 2 aliphatic rings. The van der Waals surface area contributed by atoms with E-state index in [0.717, 1.165) is 5.57 Å². The van der Waals surface area contributed by atoms with Gasteiger partial charge < -0.3 is 10.6 Å². The minimum Gasteiger partial charge on any atom is -0.321 e. The fraction of sp³-hybridized carbons (Fsp3) is 0.0909. The van der Waals surface area contributed by atoms with Gasteiger partial charge >= 0.3 is 0 Å². The zero-order chi connectivity index (χ0) is 19.1. The standard InChI is InChI=1S/C22H22N2O2/c1-5-9-13-15(11-7-3)19-17-18(22(26)23-19)20(24-21(17)25)16(12-8-4)14-10-6-2/h5-14H,1,3H2,2,4H3,(H,23,26)(H,24,25)/b10-6-,12-8-,13-9-,15-11+,16-14+. The van der Waals surface area contributed by atoms with Crippen LogP contribution in [0.3, 0.4) is 0 Å². The molecule has 0 saturated heterocycles. The Morgan fingerprint density at radius 2 is 1.35 bits per heavy atom. The molecule has 0 spiro atoms. The monoisotopic (exact) mass is 346 g/mol. The van der Waals surface area contributed by atoms with E-state index in [1.165, 1.54) is 0 Å². The molecule has 0 aromatic heterocycles. The van der Waals surface area contributed by atoms with Crippen LogP contribution in [0.4, 0.5) is 0 Å². The van der Waals surface area contributed by atoms with E-state index in [2.05, 4.69) is 23.8 Å². The highest BCUT2D eigenvalue weighted by atomic mass is 16.2. The quantitative estimate of drug-likeness (QED) is 0.691. The maximum Gasteiger partial charge on any atom is 0.258 e. The van der Waals surface area contributed by atoms with Gasteiger partial charge in [-0.2, -0.15) is 0 Å². The molecule has 2 amide bonds. The van der Waals surface area contributed by atoms with Gasteiger partial charge in [0.2, 0.25) is 0 Å². The van der Waals surface area contributed by atoms with Crippen molar-refractivity contribution in [1.29, 1.82) is 0 Å². The highest BCUT2D eigenvalue weighted by Gasteiger charge is 2.41. The zero-order valence-electron chi connectivity index (χ0n) is 15.0. The number of hydrogen-bond donors (Lipinski definition) is 2. The molecular formula is C22H22N2O2. The van der Waals surface area contributed by atoms with Gasteiger partial charge in [0.25, 0.3) is 11.8 Å². The Morgan fingerprint density at radius 1 is 0.769 bits per heavy atom. The largest absolute Gasteiger partial charge is 0.321 e. The van der Waals surface area contributed by atoms with E-state index in [4.69, 9.17) is 0 Å². The van der Waals surface area contributed by atoms with E-state index in [-0.39, 0.29) is 11.8 Å². The molecule has 0 aromatic rings. The molecule has 0 aliphatic carbocycles. The average molecular weight is 346 g/mol. The van der Waals surface area contributed by atoms with Gasteiger partial charge in [0.15, 0.2) is 0 Å². The van der Waals surface area contributed by atoms with Gasteiger partial charge in [-0.3, -0.25) is 9.59 Å². The van der Waals surface area contributed by atoms with E-state index in [0.29, 0.717) is 28.1 Å². The lowest BCUT2D eigenvalue weighted by atomic mass is 10.0. The number of amides is 2. The smallest absolute Gasteiger partial charge is 0.258 e. The Balaban J connectivity index is 2.68. The van der Waals surface area contributed by atoms with Crippen molar-refractivity contribution in [3.05, 3.63) is 108 Å². The summed E-state index contributed by atoms with van der Waals surface area (Å²) in [5.41, 5.74) is 3.14. The number of carbonyl (C=O) groups is 2. The van der Waals surface area contributed by atoms with Crippen molar-refractivity contribution in [2.24, 2.45) is 0 Å². The van der Waals surface area contributed by atoms with Crippen LogP contribution in [-0.4, -0.2) is 11.8 Å². The number of carbonyl (C=O) groups excluding carboxylic acids is 2. The average Bonchev–Trinajstić information content (AvgIpc) is 3.14. The van der Waals surface area contributed by atoms with Crippen LogP contribution in [0.25, 0.3) is 0 Å². The topological polar surface area (TPSA) is 58.2 Å². The number of allylic oxidation sites excluding steroid dienone is 10. The highest BCUT2D eigenvalue weighted by molar-refractivity contribution is 6.21. The van der Waals surface area contributed by atoms with E-state index in [1.807, 2.05) is 44.2 Å². The van der Waals surface area contributed by atoms with E-state index < -0.39 is 0 Å². The first kappa shape index (κ1) is 18.9. The Kier molecular flexibility index (Phi) is 6.28. The predicted molar refractivity (Wildman–Crippen MR) is 106 cm³/mol. The Hall–Kier alpha value is -3.40. The van der Waals surface area contributed by atoms with Gasteiger partial charge in [0, 0.05) is 0 Å². The number of fused-ring (bicyclic) bond motifs is 1. The van der Waals surface area contributed by atoms with E-state index in [9.17, 15) is 9.59 Å². The molecular weight excluding hydrogens is 324 g/mol. The van der Waals surface area contributed by atoms with E-state index in [1.54, 1.807) is 30.4 Å². The molecule has 2 aliphatic heterocycles. The van der Waals surface area contributed by atoms with Crippen LogP contribution in [0.1, 0.15) is 13.8 Å². The maximum absolute atomic E-state index is 12.6. The Bertz CT molecular complexity index is 836. The first-order valence-corrected chi connectivity index (χ1v) is 8.28. The summed E-state index contributed by atoms with van der Waals surface area (Å²) in [6.07, 6.45) is 17.8. The molecule has 0 saturated carbocycles. The molecule has 132 valence electrons. The van der Waals surface area contributed by atoms with Crippen LogP contribution in [0.15, 0.2) is 108 Å². The lowest BCUT2D eigenvalue weighted by molar-refractivity contribution is -0.117. The Labute approximate surface area is 154 Å². The van der Waals surface area contributed by atoms with Crippen LogP contribution < -0.4 is 10.6 Å². The van der Waals surface area contributed by atoms with Crippen molar-refractivity contribution in [2.45, 2.75) is 13.8 Å². The third kappa shape index (κ3) is 3.64. The first-order valence-electron chi connectivity index (χ1n) is 8.28. The van der Waals surface area contributed by atoms with E-state index >= 15 is 0 Å². The second kappa shape index (κ2) is 8.62. The summed E-state index contributed by atoms with van der Waals surface area (Å²) in [6.45, 7) is 11.1. The third-order valence-corrected chi connectivity index (χ3v) is 3.78. The fourth-order valence-electron chi connectivity index (χ4n) is 2.74. The highest BCUT2D eigenvalue weighted by Crippen LogP contribution is 2.35. The molecule has 4 nitrogen and oxygen atoms in total. The molecule has 26 heavy (non-hydrogen) atoms. The molecule has 0 radical (unpaired) electrons. The second-order valence-electron chi connectivity index (χ2n) is 5.51. The van der Waals surface area contributed by atoms with Crippen LogP contribution in [0, 0.1) is 0 Å². The SMILES string of the molecule is C=C/C=C\C(=C/C=C)C1=C2C(=O)NC(C(/C=C\C)=C/C=C\C)=C2C(=O)N1. The number of hydrogen-bond acceptors (Lipinski definition) is 2. The van der Waals surface area contributed by atoms with Gasteiger partial charge in [-0.05, 0) is 25.0 Å². The number of rotatable bonds is 7. The molecule has 2 heterocycles. The number of nitrogens with one attached hydrogen (secondary N) is 2. The van der Waals surface area contributed by atoms with Gasteiger partial charge in [0.05, 0.1) is 22.5 Å². The van der Waals surface area contributed by atoms with Crippen LogP contribution in [0.5, 0.6) is 0 Å². The summed E-state index contributed by atoms with van der Waals surface area (Å²) in [6, 6.07) is 0. The van der Waals surface area contributed by atoms with Gasteiger partial charge in [0.1, 0.15) is 0 Å². The molecule has 4 heteroatoms. The summed E-state index contributed by atoms with van der Waals surface area (Å²) in [7, 11) is 0. The minimum absolute atomic E-state index is 0.304. The van der Waals surface area contributed by atoms with Gasteiger partial charge in [-0.15, -0.1) is 0 Å². The third-order valence-electron chi connectivity index (χ3n) is 3.78. The van der Waals surface area contributed by atoms with Crippen LogP contribution >= 0.6 is 0 Å².